The van der Waals surface area contributed by atoms with Crippen LogP contribution in [0.4, 0.5) is 0 Å². The van der Waals surface area contributed by atoms with Crippen molar-refractivity contribution in [1.82, 2.24) is 10.2 Å². The number of aryl methyl sites for hydroxylation is 2. The van der Waals surface area contributed by atoms with Crippen LogP contribution in [-0.2, 0) is 21.9 Å². The standard InChI is InChI=1S/C26H36N2O2S/c1-6-21(5)27-26(30)24(7-2)28(16-23-11-9-8-10-20(23)4)25(29)18-31-17-22-14-12-19(3)13-15-22/h8-15,21,24H,6-7,16-18H2,1-5H3,(H,27,30)/t21-,24+/m1/s1. The minimum atomic E-state index is -0.471. The van der Waals surface area contributed by atoms with Crippen molar-refractivity contribution in [2.24, 2.45) is 0 Å². The molecule has 2 aromatic rings. The number of rotatable bonds is 11. The molecule has 0 aliphatic carbocycles. The Bertz CT molecular complexity index is 851. The fourth-order valence-corrected chi connectivity index (χ4v) is 4.23. The van der Waals surface area contributed by atoms with Crippen molar-refractivity contribution in [3.63, 3.8) is 0 Å². The molecule has 0 spiro atoms. The Kier molecular flexibility index (Phi) is 10.1. The van der Waals surface area contributed by atoms with Gasteiger partial charge in [-0.1, -0.05) is 67.9 Å². The summed E-state index contributed by atoms with van der Waals surface area (Å²) in [5, 5.41) is 3.06. The molecule has 0 saturated heterocycles. The predicted molar refractivity (Wildman–Crippen MR) is 131 cm³/mol. The molecule has 4 nitrogen and oxygen atoms in total. The van der Waals surface area contributed by atoms with E-state index >= 15 is 0 Å². The number of thioether (sulfide) groups is 1. The third-order valence-corrected chi connectivity index (χ3v) is 6.59. The smallest absolute Gasteiger partial charge is 0.243 e. The van der Waals surface area contributed by atoms with Crippen LogP contribution in [0.1, 0.15) is 55.9 Å². The molecule has 0 radical (unpaired) electrons. The Morgan fingerprint density at radius 1 is 1.00 bits per heavy atom. The van der Waals surface area contributed by atoms with Gasteiger partial charge in [0.05, 0.1) is 5.75 Å². The number of nitrogens with one attached hydrogen (secondary N) is 1. The maximum Gasteiger partial charge on any atom is 0.243 e. The molecule has 168 valence electrons. The van der Waals surface area contributed by atoms with E-state index < -0.39 is 6.04 Å². The quantitative estimate of drug-likeness (QED) is 0.519. The molecular weight excluding hydrogens is 404 g/mol. The molecule has 2 rings (SSSR count). The van der Waals surface area contributed by atoms with Crippen molar-refractivity contribution in [3.05, 3.63) is 70.8 Å². The van der Waals surface area contributed by atoms with Gasteiger partial charge in [0.25, 0.3) is 0 Å². The summed E-state index contributed by atoms with van der Waals surface area (Å²) in [4.78, 5) is 28.0. The van der Waals surface area contributed by atoms with Gasteiger partial charge in [0.15, 0.2) is 0 Å². The summed E-state index contributed by atoms with van der Waals surface area (Å²) >= 11 is 1.60. The average Bonchev–Trinajstić information content (AvgIpc) is 2.76. The second kappa shape index (κ2) is 12.6. The number of carbonyl (C=O) groups is 2. The van der Waals surface area contributed by atoms with E-state index in [-0.39, 0.29) is 17.9 Å². The molecule has 0 aliphatic heterocycles. The molecule has 2 atom stereocenters. The summed E-state index contributed by atoms with van der Waals surface area (Å²) < 4.78 is 0. The van der Waals surface area contributed by atoms with E-state index in [4.69, 9.17) is 0 Å². The number of nitrogens with zero attached hydrogens (tertiary/aromatic N) is 1. The first-order valence-electron chi connectivity index (χ1n) is 11.1. The predicted octanol–water partition coefficient (Wildman–Crippen LogP) is 5.26. The number of carbonyl (C=O) groups excluding carboxylic acids is 2. The molecule has 1 N–H and O–H groups in total. The monoisotopic (exact) mass is 440 g/mol. The fraction of sp³-hybridized carbons (Fsp3) is 0.462. The first kappa shape index (κ1) is 25.0. The van der Waals surface area contributed by atoms with Gasteiger partial charge in [-0.3, -0.25) is 9.59 Å². The molecule has 0 unspecified atom stereocenters. The van der Waals surface area contributed by atoms with Gasteiger partial charge in [0.2, 0.25) is 11.8 Å². The first-order valence-corrected chi connectivity index (χ1v) is 12.3. The molecule has 0 fully saturated rings. The van der Waals surface area contributed by atoms with Gasteiger partial charge in [-0.05, 0) is 50.3 Å². The third-order valence-electron chi connectivity index (χ3n) is 5.60. The summed E-state index contributed by atoms with van der Waals surface area (Å²) in [6.45, 7) is 10.6. The van der Waals surface area contributed by atoms with Crippen LogP contribution in [0.25, 0.3) is 0 Å². The van der Waals surface area contributed by atoms with Crippen molar-refractivity contribution in [2.45, 2.75) is 71.8 Å². The van der Waals surface area contributed by atoms with Crippen LogP contribution >= 0.6 is 11.8 Å². The molecule has 0 aromatic heterocycles. The van der Waals surface area contributed by atoms with E-state index in [2.05, 4.69) is 36.5 Å². The maximum atomic E-state index is 13.3. The van der Waals surface area contributed by atoms with Crippen LogP contribution in [0.3, 0.4) is 0 Å². The van der Waals surface area contributed by atoms with Gasteiger partial charge < -0.3 is 10.2 Å². The molecule has 0 heterocycles. The van der Waals surface area contributed by atoms with Gasteiger partial charge in [-0.15, -0.1) is 11.8 Å². The lowest BCUT2D eigenvalue weighted by Crippen LogP contribution is -2.51. The molecule has 0 aliphatic rings. The van der Waals surface area contributed by atoms with E-state index in [9.17, 15) is 9.59 Å². The minimum absolute atomic E-state index is 0.00603. The van der Waals surface area contributed by atoms with Gasteiger partial charge >= 0.3 is 0 Å². The largest absolute Gasteiger partial charge is 0.352 e. The summed E-state index contributed by atoms with van der Waals surface area (Å²) in [6.07, 6.45) is 1.45. The molecule has 31 heavy (non-hydrogen) atoms. The zero-order chi connectivity index (χ0) is 22.8. The van der Waals surface area contributed by atoms with Gasteiger partial charge in [0.1, 0.15) is 6.04 Å². The number of hydrogen-bond donors (Lipinski definition) is 1. The second-order valence-electron chi connectivity index (χ2n) is 8.17. The Morgan fingerprint density at radius 2 is 1.68 bits per heavy atom. The molecule has 5 heteroatoms. The van der Waals surface area contributed by atoms with Crippen LogP contribution in [0.5, 0.6) is 0 Å². The highest BCUT2D eigenvalue weighted by Crippen LogP contribution is 2.19. The highest BCUT2D eigenvalue weighted by atomic mass is 32.2. The zero-order valence-electron chi connectivity index (χ0n) is 19.5. The van der Waals surface area contributed by atoms with Crippen LogP contribution in [0, 0.1) is 13.8 Å². The molecule has 0 saturated carbocycles. The molecule has 2 aromatic carbocycles. The van der Waals surface area contributed by atoms with Crippen molar-refractivity contribution in [2.75, 3.05) is 5.75 Å². The van der Waals surface area contributed by atoms with Crippen molar-refractivity contribution < 1.29 is 9.59 Å². The zero-order valence-corrected chi connectivity index (χ0v) is 20.3. The van der Waals surface area contributed by atoms with Crippen LogP contribution in [0.15, 0.2) is 48.5 Å². The number of amides is 2. The molecular formula is C26H36N2O2S. The summed E-state index contributed by atoms with van der Waals surface area (Å²) in [5.41, 5.74) is 4.64. The van der Waals surface area contributed by atoms with Gasteiger partial charge in [0, 0.05) is 18.3 Å². The Labute approximate surface area is 191 Å². The minimum Gasteiger partial charge on any atom is -0.352 e. The lowest BCUT2D eigenvalue weighted by Gasteiger charge is -2.32. The fourth-order valence-electron chi connectivity index (χ4n) is 3.36. The number of benzene rings is 2. The lowest BCUT2D eigenvalue weighted by atomic mass is 10.1. The van der Waals surface area contributed by atoms with E-state index in [1.807, 2.05) is 52.0 Å². The summed E-state index contributed by atoms with van der Waals surface area (Å²) in [7, 11) is 0. The topological polar surface area (TPSA) is 49.4 Å². The Balaban J connectivity index is 2.14. The van der Waals surface area contributed by atoms with E-state index in [0.717, 1.165) is 23.3 Å². The normalized spacial score (nSPS) is 12.8. The summed E-state index contributed by atoms with van der Waals surface area (Å²) in [5.74, 6) is 1.07. The SMILES string of the molecule is CC[C@@H](C)NC(=O)[C@H](CC)N(Cc1ccccc1C)C(=O)CSCc1ccc(C)cc1. The van der Waals surface area contributed by atoms with Crippen molar-refractivity contribution in [1.29, 1.82) is 0 Å². The van der Waals surface area contributed by atoms with Crippen LogP contribution in [0.2, 0.25) is 0 Å². The second-order valence-corrected chi connectivity index (χ2v) is 9.15. The van der Waals surface area contributed by atoms with Gasteiger partial charge in [-0.2, -0.15) is 0 Å². The van der Waals surface area contributed by atoms with Gasteiger partial charge in [-0.25, -0.2) is 0 Å². The highest BCUT2D eigenvalue weighted by molar-refractivity contribution is 7.99. The molecule has 2 amide bonds. The van der Waals surface area contributed by atoms with Crippen molar-refractivity contribution >= 4 is 23.6 Å². The summed E-state index contributed by atoms with van der Waals surface area (Å²) in [6, 6.07) is 16.1. The Hall–Kier alpha value is -2.27. The highest BCUT2D eigenvalue weighted by Gasteiger charge is 2.29. The molecule has 0 bridgehead atoms. The van der Waals surface area contributed by atoms with Crippen LogP contribution < -0.4 is 5.32 Å². The first-order chi connectivity index (χ1) is 14.8. The maximum absolute atomic E-state index is 13.3. The number of hydrogen-bond acceptors (Lipinski definition) is 3. The van der Waals surface area contributed by atoms with E-state index in [0.29, 0.717) is 18.7 Å². The van der Waals surface area contributed by atoms with E-state index in [1.54, 1.807) is 16.7 Å². The van der Waals surface area contributed by atoms with Crippen LogP contribution in [-0.4, -0.2) is 34.6 Å². The Morgan fingerprint density at radius 3 is 2.29 bits per heavy atom. The van der Waals surface area contributed by atoms with E-state index in [1.165, 1.54) is 11.1 Å². The lowest BCUT2D eigenvalue weighted by molar-refractivity contribution is -0.139. The average molecular weight is 441 g/mol. The van der Waals surface area contributed by atoms with Crippen molar-refractivity contribution in [3.8, 4) is 0 Å². The third kappa shape index (κ3) is 7.73.